The molecule has 1 amide bonds. The maximum absolute atomic E-state index is 11.3. The first-order chi connectivity index (χ1) is 7.22. The molecule has 1 atom stereocenters. The molecular formula is C11H22N2O2. The summed E-state index contributed by atoms with van der Waals surface area (Å²) in [6.45, 7) is 3.38. The monoisotopic (exact) mass is 214 g/mol. The summed E-state index contributed by atoms with van der Waals surface area (Å²) >= 11 is 0. The molecule has 1 unspecified atom stereocenters. The first kappa shape index (κ1) is 12.5. The molecule has 0 heterocycles. The molecule has 1 rings (SSSR count). The normalized spacial score (nSPS) is 17.5. The molecular weight excluding hydrogens is 192 g/mol. The molecule has 0 aromatic heterocycles. The molecule has 0 saturated heterocycles. The Morgan fingerprint density at radius 1 is 1.53 bits per heavy atom. The number of rotatable bonds is 8. The van der Waals surface area contributed by atoms with Crippen molar-refractivity contribution < 1.29 is 9.90 Å². The highest BCUT2D eigenvalue weighted by Crippen LogP contribution is 2.18. The van der Waals surface area contributed by atoms with Gasteiger partial charge in [0.25, 0.3) is 0 Å². The van der Waals surface area contributed by atoms with Crippen LogP contribution >= 0.6 is 0 Å². The van der Waals surface area contributed by atoms with Crippen molar-refractivity contribution in [1.82, 2.24) is 10.6 Å². The fourth-order valence-electron chi connectivity index (χ4n) is 1.31. The Bertz CT molecular complexity index is 193. The standard InChI is InChI=1S/C11H22N2O2/c1-2-10(14)8-12-7-3-4-11(15)13-9-5-6-9/h9-10,12,14H,2-8H2,1H3,(H,13,15). The van der Waals surface area contributed by atoms with Gasteiger partial charge in [-0.25, -0.2) is 0 Å². The van der Waals surface area contributed by atoms with E-state index >= 15 is 0 Å². The van der Waals surface area contributed by atoms with Crippen molar-refractivity contribution in [3.05, 3.63) is 0 Å². The second-order valence-electron chi connectivity index (χ2n) is 4.21. The minimum absolute atomic E-state index is 0.162. The Labute approximate surface area is 91.4 Å². The Morgan fingerprint density at radius 2 is 2.27 bits per heavy atom. The third kappa shape index (κ3) is 6.47. The van der Waals surface area contributed by atoms with Gasteiger partial charge in [0.15, 0.2) is 0 Å². The Kier molecular flexibility index (Phi) is 5.65. The van der Waals surface area contributed by atoms with Crippen molar-refractivity contribution in [2.24, 2.45) is 0 Å². The number of aliphatic hydroxyl groups is 1. The Morgan fingerprint density at radius 3 is 2.87 bits per heavy atom. The third-order valence-corrected chi connectivity index (χ3v) is 2.55. The minimum atomic E-state index is -0.259. The highest BCUT2D eigenvalue weighted by atomic mass is 16.3. The Hall–Kier alpha value is -0.610. The molecule has 0 spiro atoms. The molecule has 0 aliphatic heterocycles. The van der Waals surface area contributed by atoms with Crippen LogP contribution in [0, 0.1) is 0 Å². The molecule has 4 heteroatoms. The van der Waals surface area contributed by atoms with E-state index in [1.165, 1.54) is 0 Å². The van der Waals surface area contributed by atoms with E-state index in [2.05, 4.69) is 10.6 Å². The van der Waals surface area contributed by atoms with Crippen LogP contribution in [0.15, 0.2) is 0 Å². The van der Waals surface area contributed by atoms with E-state index in [-0.39, 0.29) is 12.0 Å². The van der Waals surface area contributed by atoms with Crippen LogP contribution in [0.1, 0.15) is 39.0 Å². The van der Waals surface area contributed by atoms with Gasteiger partial charge in [0, 0.05) is 19.0 Å². The number of hydrogen-bond acceptors (Lipinski definition) is 3. The predicted molar refractivity (Wildman–Crippen MR) is 59.6 cm³/mol. The average molecular weight is 214 g/mol. The van der Waals surface area contributed by atoms with Gasteiger partial charge in [-0.2, -0.15) is 0 Å². The van der Waals surface area contributed by atoms with Crippen molar-refractivity contribution in [3.8, 4) is 0 Å². The lowest BCUT2D eigenvalue weighted by Crippen LogP contribution is -2.29. The molecule has 0 aromatic rings. The van der Waals surface area contributed by atoms with Crippen LogP contribution in [0.4, 0.5) is 0 Å². The summed E-state index contributed by atoms with van der Waals surface area (Å²) in [5, 5.41) is 15.3. The van der Waals surface area contributed by atoms with Gasteiger partial charge in [-0.05, 0) is 32.2 Å². The minimum Gasteiger partial charge on any atom is -0.392 e. The van der Waals surface area contributed by atoms with Crippen LogP contribution in [0.2, 0.25) is 0 Å². The van der Waals surface area contributed by atoms with Crippen molar-refractivity contribution in [3.63, 3.8) is 0 Å². The zero-order valence-electron chi connectivity index (χ0n) is 9.46. The number of amides is 1. The van der Waals surface area contributed by atoms with Crippen molar-refractivity contribution in [2.75, 3.05) is 13.1 Å². The fourth-order valence-corrected chi connectivity index (χ4v) is 1.31. The number of carbonyl (C=O) groups excluding carboxylic acids is 1. The first-order valence-corrected chi connectivity index (χ1v) is 5.90. The second kappa shape index (κ2) is 6.80. The van der Waals surface area contributed by atoms with Crippen molar-refractivity contribution in [1.29, 1.82) is 0 Å². The lowest BCUT2D eigenvalue weighted by molar-refractivity contribution is -0.121. The molecule has 0 aromatic carbocycles. The number of aliphatic hydroxyl groups excluding tert-OH is 1. The Balaban J connectivity index is 1.85. The third-order valence-electron chi connectivity index (χ3n) is 2.55. The smallest absolute Gasteiger partial charge is 0.220 e. The van der Waals surface area contributed by atoms with Gasteiger partial charge in [-0.15, -0.1) is 0 Å². The fraction of sp³-hybridized carbons (Fsp3) is 0.909. The lowest BCUT2D eigenvalue weighted by atomic mass is 10.2. The quantitative estimate of drug-likeness (QED) is 0.513. The van der Waals surface area contributed by atoms with E-state index < -0.39 is 0 Å². The number of nitrogens with one attached hydrogen (secondary N) is 2. The van der Waals surface area contributed by atoms with Crippen LogP contribution in [-0.4, -0.2) is 36.2 Å². The summed E-state index contributed by atoms with van der Waals surface area (Å²) in [5.41, 5.74) is 0. The second-order valence-corrected chi connectivity index (χ2v) is 4.21. The maximum Gasteiger partial charge on any atom is 0.220 e. The van der Waals surface area contributed by atoms with Gasteiger partial charge in [0.2, 0.25) is 5.91 Å². The topological polar surface area (TPSA) is 61.4 Å². The highest BCUT2D eigenvalue weighted by molar-refractivity contribution is 5.76. The zero-order chi connectivity index (χ0) is 11.1. The largest absolute Gasteiger partial charge is 0.392 e. The van der Waals surface area contributed by atoms with E-state index in [1.54, 1.807) is 0 Å². The van der Waals surface area contributed by atoms with Crippen LogP contribution in [-0.2, 0) is 4.79 Å². The van der Waals surface area contributed by atoms with Crippen LogP contribution < -0.4 is 10.6 Å². The molecule has 1 fully saturated rings. The number of carbonyl (C=O) groups is 1. The van der Waals surface area contributed by atoms with Gasteiger partial charge in [0.1, 0.15) is 0 Å². The van der Waals surface area contributed by atoms with E-state index in [4.69, 9.17) is 0 Å². The van der Waals surface area contributed by atoms with Gasteiger partial charge in [0.05, 0.1) is 6.10 Å². The van der Waals surface area contributed by atoms with Crippen LogP contribution in [0.25, 0.3) is 0 Å². The maximum atomic E-state index is 11.3. The molecule has 1 saturated carbocycles. The molecule has 4 nitrogen and oxygen atoms in total. The van der Waals surface area contributed by atoms with Crippen molar-refractivity contribution >= 4 is 5.91 Å². The molecule has 0 radical (unpaired) electrons. The molecule has 88 valence electrons. The molecule has 1 aliphatic carbocycles. The molecule has 0 bridgehead atoms. The summed E-state index contributed by atoms with van der Waals surface area (Å²) in [6, 6.07) is 0.465. The SMILES string of the molecule is CCC(O)CNCCCC(=O)NC1CC1. The van der Waals surface area contributed by atoms with Gasteiger partial charge >= 0.3 is 0 Å². The number of hydrogen-bond donors (Lipinski definition) is 3. The van der Waals surface area contributed by atoms with Gasteiger partial charge < -0.3 is 15.7 Å². The van der Waals surface area contributed by atoms with E-state index in [9.17, 15) is 9.90 Å². The van der Waals surface area contributed by atoms with Crippen molar-refractivity contribution in [2.45, 2.75) is 51.2 Å². The summed E-state index contributed by atoms with van der Waals surface area (Å²) < 4.78 is 0. The van der Waals surface area contributed by atoms with Crippen LogP contribution in [0.3, 0.4) is 0 Å². The summed E-state index contributed by atoms with van der Waals surface area (Å²) in [5.74, 6) is 0.162. The molecule has 15 heavy (non-hydrogen) atoms. The lowest BCUT2D eigenvalue weighted by Gasteiger charge is -2.09. The van der Waals surface area contributed by atoms with E-state index in [1.807, 2.05) is 6.92 Å². The highest BCUT2D eigenvalue weighted by Gasteiger charge is 2.22. The zero-order valence-corrected chi connectivity index (χ0v) is 9.46. The molecule has 1 aliphatic rings. The average Bonchev–Trinajstić information content (AvgIpc) is 3.00. The van der Waals surface area contributed by atoms with Gasteiger partial charge in [-0.1, -0.05) is 6.92 Å². The van der Waals surface area contributed by atoms with E-state index in [0.29, 0.717) is 19.0 Å². The van der Waals surface area contributed by atoms with E-state index in [0.717, 1.165) is 32.2 Å². The predicted octanol–water partition coefficient (Wildman–Crippen LogP) is 0.406. The summed E-state index contributed by atoms with van der Waals surface area (Å²) in [7, 11) is 0. The first-order valence-electron chi connectivity index (χ1n) is 5.90. The van der Waals surface area contributed by atoms with Gasteiger partial charge in [-0.3, -0.25) is 4.79 Å². The van der Waals surface area contributed by atoms with Crippen LogP contribution in [0.5, 0.6) is 0 Å². The molecule has 3 N–H and O–H groups in total. The summed E-state index contributed by atoms with van der Waals surface area (Å²) in [4.78, 5) is 11.3. The summed E-state index contributed by atoms with van der Waals surface area (Å²) in [6.07, 6.45) is 4.24.